The molecule has 0 saturated heterocycles. The van der Waals surface area contributed by atoms with Crippen molar-refractivity contribution in [2.45, 2.75) is 19.8 Å². The molecule has 1 aromatic heterocycles. The predicted octanol–water partition coefficient (Wildman–Crippen LogP) is 8.38. The Bertz CT molecular complexity index is 1470. The van der Waals surface area contributed by atoms with E-state index in [1.807, 2.05) is 0 Å². The quantitative estimate of drug-likeness (QED) is 0.147. The first kappa shape index (κ1) is 23.3. The molecule has 4 aromatic rings. The maximum absolute atomic E-state index is 14.7. The monoisotopic (exact) mass is 500 g/mol. The van der Waals surface area contributed by atoms with E-state index in [1.165, 1.54) is 13.8 Å². The van der Waals surface area contributed by atoms with Crippen molar-refractivity contribution in [3.8, 4) is 11.1 Å². The molecule has 1 heterocycles. The minimum atomic E-state index is -2.60. The Morgan fingerprint density at radius 1 is 0.424 bits per heavy atom. The van der Waals surface area contributed by atoms with Crippen molar-refractivity contribution in [2.24, 2.45) is 0 Å². The summed E-state index contributed by atoms with van der Waals surface area (Å²) >= 11 is 0.0802. The minimum absolute atomic E-state index is 0.0802. The van der Waals surface area contributed by atoms with Gasteiger partial charge in [-0.2, -0.15) is 0 Å². The zero-order valence-corrected chi connectivity index (χ0v) is 17.0. The van der Waals surface area contributed by atoms with Gasteiger partial charge in [-0.15, -0.1) is 11.3 Å². The summed E-state index contributed by atoms with van der Waals surface area (Å²) in [5.74, 6) is -26.3. The Morgan fingerprint density at radius 2 is 0.788 bits per heavy atom. The standard InChI is InChI=1S/C21H7F11S/c1-3(2)4-9(22)15(28)13(26)7-8-14(27)16(29)12(25)6(21(8)33-20(4)7)5-10(23)17(30)19(32)18(31)11(5)24/h3H,1-2H3. The van der Waals surface area contributed by atoms with Crippen molar-refractivity contribution in [3.63, 3.8) is 0 Å². The zero-order valence-electron chi connectivity index (χ0n) is 16.1. The van der Waals surface area contributed by atoms with E-state index in [9.17, 15) is 48.3 Å². The second-order valence-corrected chi connectivity index (χ2v) is 8.30. The fourth-order valence-electron chi connectivity index (χ4n) is 3.62. The van der Waals surface area contributed by atoms with Crippen LogP contribution in [-0.4, -0.2) is 0 Å². The Balaban J connectivity index is 2.37. The van der Waals surface area contributed by atoms with E-state index >= 15 is 0 Å². The van der Waals surface area contributed by atoms with Crippen LogP contribution in [0, 0.1) is 64.0 Å². The molecule has 0 aliphatic rings. The summed E-state index contributed by atoms with van der Waals surface area (Å²) < 4.78 is 155. The molecule has 0 radical (unpaired) electrons. The van der Waals surface area contributed by atoms with E-state index in [0.717, 1.165) is 0 Å². The van der Waals surface area contributed by atoms with Crippen LogP contribution in [0.25, 0.3) is 31.3 Å². The molecule has 0 atom stereocenters. The molecule has 174 valence electrons. The van der Waals surface area contributed by atoms with Gasteiger partial charge in [0.05, 0.1) is 5.56 Å². The van der Waals surface area contributed by atoms with Crippen LogP contribution in [0.1, 0.15) is 25.3 Å². The van der Waals surface area contributed by atoms with Crippen molar-refractivity contribution in [3.05, 3.63) is 69.6 Å². The maximum atomic E-state index is 14.7. The van der Waals surface area contributed by atoms with Gasteiger partial charge >= 0.3 is 0 Å². The first-order valence-corrected chi connectivity index (χ1v) is 9.75. The summed E-state index contributed by atoms with van der Waals surface area (Å²) in [4.78, 5) is 0. The number of hydrogen-bond donors (Lipinski definition) is 0. The first-order chi connectivity index (χ1) is 15.3. The molecule has 4 rings (SSSR count). The molecular weight excluding hydrogens is 493 g/mol. The van der Waals surface area contributed by atoms with Crippen LogP contribution in [0.2, 0.25) is 0 Å². The van der Waals surface area contributed by atoms with Gasteiger partial charge in [-0.3, -0.25) is 0 Å². The topological polar surface area (TPSA) is 0 Å². The molecule has 0 unspecified atom stereocenters. The van der Waals surface area contributed by atoms with Crippen LogP contribution in [0.5, 0.6) is 0 Å². The molecule has 3 aromatic carbocycles. The van der Waals surface area contributed by atoms with Crippen LogP contribution >= 0.6 is 11.3 Å². The summed E-state index contributed by atoms with van der Waals surface area (Å²) in [5.41, 5.74) is -4.12. The van der Waals surface area contributed by atoms with Crippen LogP contribution < -0.4 is 0 Å². The van der Waals surface area contributed by atoms with Gasteiger partial charge in [-0.05, 0) is 5.92 Å². The lowest BCUT2D eigenvalue weighted by molar-refractivity contribution is 0.380. The van der Waals surface area contributed by atoms with Crippen LogP contribution in [0.3, 0.4) is 0 Å². The predicted molar refractivity (Wildman–Crippen MR) is 98.4 cm³/mol. The fraction of sp³-hybridized carbons (Fsp3) is 0.143. The average molecular weight is 500 g/mol. The zero-order chi connectivity index (χ0) is 24.7. The third-order valence-corrected chi connectivity index (χ3v) is 6.32. The minimum Gasteiger partial charge on any atom is -0.203 e. The van der Waals surface area contributed by atoms with Gasteiger partial charge in [-0.25, -0.2) is 48.3 Å². The molecule has 0 bridgehead atoms. The second kappa shape index (κ2) is 7.57. The van der Waals surface area contributed by atoms with Gasteiger partial charge in [0.25, 0.3) is 0 Å². The van der Waals surface area contributed by atoms with Gasteiger partial charge in [0.15, 0.2) is 58.2 Å². The smallest absolute Gasteiger partial charge is 0.200 e. The van der Waals surface area contributed by atoms with E-state index < -0.39 is 107 Å². The van der Waals surface area contributed by atoms with E-state index in [-0.39, 0.29) is 11.3 Å². The molecular formula is C21H7F11S. The van der Waals surface area contributed by atoms with Crippen LogP contribution in [-0.2, 0) is 0 Å². The summed E-state index contributed by atoms with van der Waals surface area (Å²) in [6, 6.07) is 0. The lowest BCUT2D eigenvalue weighted by Crippen LogP contribution is -2.06. The molecule has 12 heteroatoms. The maximum Gasteiger partial charge on any atom is 0.200 e. The summed E-state index contributed by atoms with van der Waals surface area (Å²) in [6.07, 6.45) is 0. The third kappa shape index (κ3) is 2.95. The van der Waals surface area contributed by atoms with Gasteiger partial charge in [0, 0.05) is 31.3 Å². The number of rotatable bonds is 2. The molecule has 0 N–H and O–H groups in total. The highest BCUT2D eigenvalue weighted by molar-refractivity contribution is 7.26. The lowest BCUT2D eigenvalue weighted by atomic mass is 9.96. The van der Waals surface area contributed by atoms with E-state index in [1.54, 1.807) is 0 Å². The highest BCUT2D eigenvalue weighted by Crippen LogP contribution is 2.49. The number of fused-ring (bicyclic) bond motifs is 3. The van der Waals surface area contributed by atoms with Crippen molar-refractivity contribution in [1.82, 2.24) is 0 Å². The number of halogens is 11. The summed E-state index contributed by atoms with van der Waals surface area (Å²) in [5, 5.41) is -2.31. The normalized spacial score (nSPS) is 12.1. The highest BCUT2D eigenvalue weighted by Gasteiger charge is 2.35. The van der Waals surface area contributed by atoms with Crippen LogP contribution in [0.15, 0.2) is 0 Å². The SMILES string of the molecule is CC(C)c1c(F)c(F)c(F)c2c1sc1c(-c3c(F)c(F)c(F)c(F)c3F)c(F)c(F)c(F)c12. The Labute approximate surface area is 180 Å². The molecule has 33 heavy (non-hydrogen) atoms. The number of thiophene rings is 1. The largest absolute Gasteiger partial charge is 0.203 e. The summed E-state index contributed by atoms with van der Waals surface area (Å²) in [6.45, 7) is 2.64. The van der Waals surface area contributed by atoms with E-state index in [2.05, 4.69) is 0 Å². The number of hydrogen-bond acceptors (Lipinski definition) is 1. The molecule has 0 amide bonds. The average Bonchev–Trinajstić information content (AvgIpc) is 3.15. The first-order valence-electron chi connectivity index (χ1n) is 8.93. The van der Waals surface area contributed by atoms with Crippen LogP contribution in [0.4, 0.5) is 48.3 Å². The molecule has 0 aliphatic carbocycles. The Hall–Kier alpha value is -2.89. The van der Waals surface area contributed by atoms with Gasteiger partial charge < -0.3 is 0 Å². The van der Waals surface area contributed by atoms with Crippen molar-refractivity contribution in [2.75, 3.05) is 0 Å². The Kier molecular flexibility index (Phi) is 5.34. The van der Waals surface area contributed by atoms with Gasteiger partial charge in [-0.1, -0.05) is 13.8 Å². The number of benzene rings is 3. The molecule has 0 spiro atoms. The lowest BCUT2D eigenvalue weighted by Gasteiger charge is -2.12. The fourth-order valence-corrected chi connectivity index (χ4v) is 5.14. The molecule has 0 fully saturated rings. The van der Waals surface area contributed by atoms with Gasteiger partial charge in [0.1, 0.15) is 0 Å². The van der Waals surface area contributed by atoms with E-state index in [4.69, 9.17) is 0 Å². The van der Waals surface area contributed by atoms with Crippen molar-refractivity contribution >= 4 is 31.5 Å². The highest BCUT2D eigenvalue weighted by atomic mass is 32.1. The van der Waals surface area contributed by atoms with E-state index in [0.29, 0.717) is 0 Å². The van der Waals surface area contributed by atoms with Crippen molar-refractivity contribution < 1.29 is 48.3 Å². The molecule has 0 aliphatic heterocycles. The van der Waals surface area contributed by atoms with Gasteiger partial charge in [0.2, 0.25) is 5.82 Å². The molecule has 0 saturated carbocycles. The third-order valence-electron chi connectivity index (χ3n) is 5.08. The molecule has 0 nitrogen and oxygen atoms in total. The summed E-state index contributed by atoms with van der Waals surface area (Å²) in [7, 11) is 0. The Morgan fingerprint density at radius 3 is 1.27 bits per heavy atom. The van der Waals surface area contributed by atoms with Crippen molar-refractivity contribution in [1.29, 1.82) is 0 Å². The second-order valence-electron chi connectivity index (χ2n) is 7.28.